The summed E-state index contributed by atoms with van der Waals surface area (Å²) in [6.07, 6.45) is 0.799. The summed E-state index contributed by atoms with van der Waals surface area (Å²) in [6, 6.07) is 22.2. The number of benzene rings is 3. The predicted octanol–water partition coefficient (Wildman–Crippen LogP) is 5.27. The molecule has 4 aromatic rings. The molecule has 2 aliphatic heterocycles. The SMILES string of the molecule is O=C(COc1cccc([C@H]2c3sc(=O)[nH]c3SC3C4CC(C5C(=O)N(c6ccccc6)C(=O)C45)C32)c1)Nc1ccc(F)cc1. The van der Waals surface area contributed by atoms with E-state index in [2.05, 4.69) is 10.3 Å². The summed E-state index contributed by atoms with van der Waals surface area (Å²) in [5, 5.41) is 3.59. The van der Waals surface area contributed by atoms with Crippen LogP contribution in [0.1, 0.15) is 22.8 Å². The topological polar surface area (TPSA) is 109 Å². The maximum Gasteiger partial charge on any atom is 0.305 e. The lowest BCUT2D eigenvalue weighted by Crippen LogP contribution is -2.42. The molecule has 44 heavy (non-hydrogen) atoms. The molecule has 8 nitrogen and oxygen atoms in total. The molecule has 3 fully saturated rings. The van der Waals surface area contributed by atoms with E-state index in [4.69, 9.17) is 4.74 Å². The molecule has 1 aromatic heterocycles. The van der Waals surface area contributed by atoms with Crippen LogP contribution in [0.5, 0.6) is 5.75 Å². The number of aromatic amines is 1. The zero-order chi connectivity index (χ0) is 30.1. The van der Waals surface area contributed by atoms with Gasteiger partial charge in [0.05, 0.1) is 22.5 Å². The zero-order valence-electron chi connectivity index (χ0n) is 23.1. The largest absolute Gasteiger partial charge is 0.484 e. The van der Waals surface area contributed by atoms with Crippen LogP contribution >= 0.6 is 23.1 Å². The number of imide groups is 1. The Labute approximate surface area is 259 Å². The number of H-pyrrole nitrogens is 1. The molecule has 222 valence electrons. The Balaban J connectivity index is 1.09. The van der Waals surface area contributed by atoms with Crippen LogP contribution in [0.3, 0.4) is 0 Å². The quantitative estimate of drug-likeness (QED) is 0.282. The van der Waals surface area contributed by atoms with Gasteiger partial charge in [0.1, 0.15) is 11.6 Å². The van der Waals surface area contributed by atoms with Gasteiger partial charge in [-0.1, -0.05) is 41.7 Å². The molecular weight excluding hydrogens is 602 g/mol. The van der Waals surface area contributed by atoms with Crippen molar-refractivity contribution in [2.45, 2.75) is 22.6 Å². The molecule has 11 heteroatoms. The Hall–Kier alpha value is -4.22. The van der Waals surface area contributed by atoms with E-state index in [1.165, 1.54) is 40.5 Å². The molecule has 3 aromatic carbocycles. The highest BCUT2D eigenvalue weighted by Crippen LogP contribution is 2.68. The second-order valence-electron chi connectivity index (χ2n) is 11.7. The molecule has 4 aliphatic rings. The molecule has 2 bridgehead atoms. The third kappa shape index (κ3) is 4.32. The van der Waals surface area contributed by atoms with Gasteiger partial charge in [-0.15, -0.1) is 11.8 Å². The molecule has 2 aliphatic carbocycles. The molecular formula is C33H26FN3O5S2. The zero-order valence-corrected chi connectivity index (χ0v) is 24.8. The first-order valence-corrected chi connectivity index (χ1v) is 16.2. The number of amides is 3. The number of carbonyl (C=O) groups is 3. The van der Waals surface area contributed by atoms with Crippen molar-refractivity contribution in [3.8, 4) is 5.75 Å². The van der Waals surface area contributed by atoms with Crippen molar-refractivity contribution in [2.24, 2.45) is 29.6 Å². The van der Waals surface area contributed by atoms with Crippen LogP contribution < -0.4 is 19.8 Å². The number of thioether (sulfide) groups is 1. The summed E-state index contributed by atoms with van der Waals surface area (Å²) in [7, 11) is 0. The summed E-state index contributed by atoms with van der Waals surface area (Å²) >= 11 is 2.84. The summed E-state index contributed by atoms with van der Waals surface area (Å²) in [6.45, 7) is -0.240. The average molecular weight is 628 g/mol. The van der Waals surface area contributed by atoms with Gasteiger partial charge in [0.25, 0.3) is 5.91 Å². The molecule has 2 N–H and O–H groups in total. The monoisotopic (exact) mass is 627 g/mol. The fourth-order valence-electron chi connectivity index (χ4n) is 7.90. The first-order valence-electron chi connectivity index (χ1n) is 14.5. The number of para-hydroxylation sites is 1. The summed E-state index contributed by atoms with van der Waals surface area (Å²) in [5.74, 6) is -1.35. The lowest BCUT2D eigenvalue weighted by atomic mass is 9.68. The maximum absolute atomic E-state index is 13.9. The van der Waals surface area contributed by atoms with Gasteiger partial charge in [0.15, 0.2) is 6.61 Å². The summed E-state index contributed by atoms with van der Waals surface area (Å²) in [4.78, 5) is 57.9. The Bertz CT molecular complexity index is 1860. The summed E-state index contributed by atoms with van der Waals surface area (Å²) < 4.78 is 19.1. The van der Waals surface area contributed by atoms with Gasteiger partial charge in [0.2, 0.25) is 11.8 Å². The first kappa shape index (κ1) is 27.3. The number of aromatic nitrogens is 1. The normalized spacial score (nSPS) is 28.0. The Morgan fingerprint density at radius 1 is 0.955 bits per heavy atom. The predicted molar refractivity (Wildman–Crippen MR) is 164 cm³/mol. The average Bonchev–Trinajstić information content (AvgIpc) is 3.76. The highest BCUT2D eigenvalue weighted by atomic mass is 32.2. The van der Waals surface area contributed by atoms with Crippen molar-refractivity contribution in [3.63, 3.8) is 0 Å². The Morgan fingerprint density at radius 2 is 1.70 bits per heavy atom. The van der Waals surface area contributed by atoms with Crippen molar-refractivity contribution in [1.82, 2.24) is 4.98 Å². The van der Waals surface area contributed by atoms with E-state index in [-0.39, 0.29) is 70.0 Å². The van der Waals surface area contributed by atoms with Gasteiger partial charge in [0, 0.05) is 21.7 Å². The molecule has 2 saturated carbocycles. The number of nitrogens with one attached hydrogen (secondary N) is 2. The lowest BCUT2D eigenvalue weighted by molar-refractivity contribution is -0.123. The van der Waals surface area contributed by atoms with E-state index in [9.17, 15) is 23.6 Å². The molecule has 1 saturated heterocycles. The van der Waals surface area contributed by atoms with Gasteiger partial charge in [-0.05, 0) is 78.3 Å². The number of thiazole rings is 1. The van der Waals surface area contributed by atoms with E-state index < -0.39 is 5.82 Å². The van der Waals surface area contributed by atoms with Gasteiger partial charge in [-0.25, -0.2) is 4.39 Å². The second-order valence-corrected chi connectivity index (χ2v) is 13.9. The van der Waals surface area contributed by atoms with Crippen LogP contribution in [0.25, 0.3) is 0 Å². The highest BCUT2D eigenvalue weighted by Gasteiger charge is 2.69. The molecule has 3 heterocycles. The van der Waals surface area contributed by atoms with E-state index in [0.717, 1.165) is 21.9 Å². The van der Waals surface area contributed by atoms with Crippen LogP contribution in [0, 0.1) is 35.4 Å². The minimum absolute atomic E-state index is 0.00549. The fourth-order valence-corrected chi connectivity index (χ4v) is 10.8. The highest BCUT2D eigenvalue weighted by molar-refractivity contribution is 8.00. The van der Waals surface area contributed by atoms with Gasteiger partial charge < -0.3 is 15.0 Å². The van der Waals surface area contributed by atoms with E-state index in [0.29, 0.717) is 17.1 Å². The van der Waals surface area contributed by atoms with E-state index in [1.54, 1.807) is 30.0 Å². The smallest absolute Gasteiger partial charge is 0.305 e. The number of hydrogen-bond donors (Lipinski definition) is 2. The maximum atomic E-state index is 13.9. The standard InChI is InChI=1S/C33H26FN3O5S2/c34-17-9-11-18(12-10-17)35-23(38)15-42-20-8-4-5-16(13-20)24-25-21-14-22(28(25)43-30-29(24)44-33(41)36-30)27-26(21)31(39)37(32(27)40)19-6-2-1-3-7-19/h1-13,21-22,24-28H,14-15H2,(H,35,38)(H,36,41)/t21?,22?,24-,25?,26?,27?,28?/m1/s1. The lowest BCUT2D eigenvalue weighted by Gasteiger charge is -2.43. The molecule has 0 spiro atoms. The van der Waals surface area contributed by atoms with Crippen LogP contribution in [-0.2, 0) is 14.4 Å². The van der Waals surface area contributed by atoms with Crippen molar-refractivity contribution in [1.29, 1.82) is 0 Å². The molecule has 3 amide bonds. The number of fused-ring (bicyclic) bond motifs is 9. The van der Waals surface area contributed by atoms with Crippen molar-refractivity contribution >= 4 is 52.2 Å². The van der Waals surface area contributed by atoms with Crippen LogP contribution in [0.4, 0.5) is 15.8 Å². The molecule has 8 rings (SSSR count). The first-order chi connectivity index (χ1) is 21.4. The van der Waals surface area contributed by atoms with Gasteiger partial charge in [-0.2, -0.15) is 0 Å². The third-order valence-electron chi connectivity index (χ3n) is 9.45. The van der Waals surface area contributed by atoms with Crippen molar-refractivity contribution in [2.75, 3.05) is 16.8 Å². The van der Waals surface area contributed by atoms with Crippen molar-refractivity contribution in [3.05, 3.63) is 105 Å². The fraction of sp³-hybridized carbons (Fsp3) is 0.273. The minimum atomic E-state index is -0.390. The van der Waals surface area contributed by atoms with Gasteiger partial charge >= 0.3 is 4.87 Å². The van der Waals surface area contributed by atoms with E-state index in [1.807, 2.05) is 36.4 Å². The number of nitrogens with zero attached hydrogens (tertiary/aromatic N) is 1. The van der Waals surface area contributed by atoms with Crippen LogP contribution in [0.15, 0.2) is 88.7 Å². The van der Waals surface area contributed by atoms with Crippen LogP contribution in [0.2, 0.25) is 0 Å². The minimum Gasteiger partial charge on any atom is -0.484 e. The summed E-state index contributed by atoms with van der Waals surface area (Å²) in [5.41, 5.74) is 2.02. The number of ether oxygens (including phenoxy) is 1. The number of rotatable bonds is 6. The molecule has 7 atom stereocenters. The third-order valence-corrected chi connectivity index (χ3v) is 12.0. The van der Waals surface area contributed by atoms with Crippen molar-refractivity contribution < 1.29 is 23.5 Å². The Morgan fingerprint density at radius 3 is 2.48 bits per heavy atom. The van der Waals surface area contributed by atoms with Crippen LogP contribution in [-0.4, -0.2) is 34.6 Å². The number of hydrogen-bond acceptors (Lipinski definition) is 7. The Kier molecular flexibility index (Phi) is 6.49. The number of halogens is 1. The number of carbonyl (C=O) groups excluding carboxylic acids is 3. The molecule has 0 radical (unpaired) electrons. The molecule has 6 unspecified atom stereocenters. The number of anilines is 2. The van der Waals surface area contributed by atoms with Gasteiger partial charge in [-0.3, -0.25) is 24.1 Å². The van der Waals surface area contributed by atoms with E-state index >= 15 is 0 Å². The second kappa shape index (κ2) is 10.4.